The van der Waals surface area contributed by atoms with E-state index in [1.165, 1.54) is 13.1 Å². The van der Waals surface area contributed by atoms with Crippen LogP contribution in [0.4, 0.5) is 0 Å². The molecule has 1 amide bonds. The summed E-state index contributed by atoms with van der Waals surface area (Å²) in [6, 6.07) is 8.86. The molecule has 2 aromatic carbocycles. The minimum atomic E-state index is -0.578. The van der Waals surface area contributed by atoms with Crippen molar-refractivity contribution in [1.29, 1.82) is 5.26 Å². The molecule has 0 heterocycles. The Balaban J connectivity index is 2.65. The molecule has 0 saturated heterocycles. The second-order valence-electron chi connectivity index (χ2n) is 6.44. The third-order valence-electron chi connectivity index (χ3n) is 4.39. The molecule has 0 bridgehead atoms. The Morgan fingerprint density at radius 1 is 1.23 bits per heavy atom. The number of carbonyl (C=O) groups excluding carboxylic acids is 1. The number of benzene rings is 2. The fraction of sp³-hybridized carbons (Fsp3) is 0.333. The van der Waals surface area contributed by atoms with Crippen molar-refractivity contribution in [3.63, 3.8) is 0 Å². The number of aromatic hydroxyl groups is 2. The first-order valence-electron chi connectivity index (χ1n) is 8.73. The van der Waals surface area contributed by atoms with E-state index in [4.69, 9.17) is 5.26 Å². The van der Waals surface area contributed by atoms with Crippen LogP contribution in [0.2, 0.25) is 0 Å². The molecule has 0 aliphatic heterocycles. The van der Waals surface area contributed by atoms with Crippen LogP contribution in [0, 0.1) is 18.4 Å². The van der Waals surface area contributed by atoms with E-state index >= 15 is 0 Å². The van der Waals surface area contributed by atoms with Gasteiger partial charge in [0.1, 0.15) is 11.5 Å². The quantitative estimate of drug-likeness (QED) is 0.459. The van der Waals surface area contributed by atoms with Gasteiger partial charge in [0.15, 0.2) is 6.19 Å². The van der Waals surface area contributed by atoms with Crippen LogP contribution < -0.4 is 0 Å². The number of carbonyl (C=O) groups is 1. The number of hydrogen-bond donors (Lipinski definition) is 2. The highest BCUT2D eigenvalue weighted by Gasteiger charge is 2.25. The molecular formula is C21H24N2O3. The lowest BCUT2D eigenvalue weighted by atomic mass is 9.92. The third kappa shape index (κ3) is 3.97. The Morgan fingerprint density at radius 3 is 2.58 bits per heavy atom. The molecule has 0 spiro atoms. The molecule has 0 unspecified atom stereocenters. The second kappa shape index (κ2) is 8.39. The lowest BCUT2D eigenvalue weighted by molar-refractivity contribution is 0.0854. The van der Waals surface area contributed by atoms with Crippen molar-refractivity contribution in [2.24, 2.45) is 0 Å². The van der Waals surface area contributed by atoms with Gasteiger partial charge in [-0.05, 0) is 37.0 Å². The molecule has 0 fully saturated rings. The van der Waals surface area contributed by atoms with Crippen LogP contribution in [-0.2, 0) is 6.42 Å². The summed E-state index contributed by atoms with van der Waals surface area (Å²) in [5.74, 6) is -0.935. The number of amides is 1. The Labute approximate surface area is 154 Å². The molecule has 0 radical (unpaired) electrons. The number of nitriles is 1. The van der Waals surface area contributed by atoms with Gasteiger partial charge >= 0.3 is 0 Å². The van der Waals surface area contributed by atoms with E-state index in [2.05, 4.69) is 6.92 Å². The normalized spacial score (nSPS) is 10.4. The zero-order valence-corrected chi connectivity index (χ0v) is 15.4. The van der Waals surface area contributed by atoms with E-state index in [-0.39, 0.29) is 22.6 Å². The molecule has 5 nitrogen and oxygen atoms in total. The molecule has 0 atom stereocenters. The van der Waals surface area contributed by atoms with Gasteiger partial charge in [-0.15, -0.1) is 0 Å². The van der Waals surface area contributed by atoms with Gasteiger partial charge in [-0.3, -0.25) is 4.79 Å². The van der Waals surface area contributed by atoms with E-state index in [1.54, 1.807) is 12.3 Å². The molecule has 2 aromatic rings. The van der Waals surface area contributed by atoms with Gasteiger partial charge in [0, 0.05) is 7.05 Å². The zero-order valence-electron chi connectivity index (χ0n) is 15.4. The molecule has 0 aliphatic carbocycles. The molecular weight excluding hydrogens is 328 g/mol. The van der Waals surface area contributed by atoms with E-state index < -0.39 is 5.91 Å². The summed E-state index contributed by atoms with van der Waals surface area (Å²) in [4.78, 5) is 13.6. The fourth-order valence-corrected chi connectivity index (χ4v) is 3.01. The summed E-state index contributed by atoms with van der Waals surface area (Å²) in [5, 5.41) is 30.4. The second-order valence-corrected chi connectivity index (χ2v) is 6.44. The van der Waals surface area contributed by atoms with Gasteiger partial charge < -0.3 is 10.2 Å². The summed E-state index contributed by atoms with van der Waals surface area (Å²) in [5.41, 5.74) is 2.43. The summed E-state index contributed by atoms with van der Waals surface area (Å²) in [6.45, 7) is 3.98. The molecule has 2 N–H and O–H groups in total. The van der Waals surface area contributed by atoms with Crippen molar-refractivity contribution in [3.05, 3.63) is 47.0 Å². The van der Waals surface area contributed by atoms with Gasteiger partial charge in [-0.25, -0.2) is 4.90 Å². The van der Waals surface area contributed by atoms with Crippen LogP contribution in [0.1, 0.15) is 47.7 Å². The fourth-order valence-electron chi connectivity index (χ4n) is 3.01. The van der Waals surface area contributed by atoms with Crippen molar-refractivity contribution in [2.45, 2.75) is 39.5 Å². The monoisotopic (exact) mass is 352 g/mol. The first kappa shape index (κ1) is 19.3. The molecule has 0 aromatic heterocycles. The van der Waals surface area contributed by atoms with Crippen LogP contribution in [0.15, 0.2) is 30.3 Å². The van der Waals surface area contributed by atoms with E-state index in [9.17, 15) is 15.0 Å². The van der Waals surface area contributed by atoms with Crippen LogP contribution >= 0.6 is 0 Å². The molecule has 136 valence electrons. The van der Waals surface area contributed by atoms with Crippen LogP contribution in [0.3, 0.4) is 0 Å². The Bertz CT molecular complexity index is 853. The lowest BCUT2D eigenvalue weighted by Crippen LogP contribution is -2.23. The highest BCUT2D eigenvalue weighted by molar-refractivity contribution is 6.02. The predicted molar refractivity (Wildman–Crippen MR) is 101 cm³/mol. The maximum absolute atomic E-state index is 12.7. The van der Waals surface area contributed by atoms with Gasteiger partial charge in [-0.2, -0.15) is 5.26 Å². The minimum absolute atomic E-state index is 0.0734. The summed E-state index contributed by atoms with van der Waals surface area (Å²) < 4.78 is 0. The SMILES string of the molecule is CCCCCc1cc(O)c(-c2cccc(C)c2)c(O)c1C(=O)N(C)C#N. The predicted octanol–water partition coefficient (Wildman–Crippen LogP) is 4.36. The number of nitrogens with zero attached hydrogens (tertiary/aromatic N) is 2. The number of unbranched alkanes of at least 4 members (excludes halogenated alkanes) is 2. The third-order valence-corrected chi connectivity index (χ3v) is 4.39. The smallest absolute Gasteiger partial charge is 0.270 e. The number of rotatable bonds is 6. The highest BCUT2D eigenvalue weighted by atomic mass is 16.3. The highest BCUT2D eigenvalue weighted by Crippen LogP contribution is 2.42. The summed E-state index contributed by atoms with van der Waals surface area (Å²) in [7, 11) is 1.36. The average molecular weight is 352 g/mol. The number of hydrogen-bond acceptors (Lipinski definition) is 4. The van der Waals surface area contributed by atoms with Gasteiger partial charge in [0.2, 0.25) is 0 Å². The van der Waals surface area contributed by atoms with Crippen molar-refractivity contribution < 1.29 is 15.0 Å². The first-order valence-corrected chi connectivity index (χ1v) is 8.73. The van der Waals surface area contributed by atoms with Gasteiger partial charge in [0.25, 0.3) is 5.91 Å². The number of aryl methyl sites for hydroxylation is 2. The van der Waals surface area contributed by atoms with Gasteiger partial charge in [0.05, 0.1) is 11.1 Å². The molecule has 0 saturated carbocycles. The Morgan fingerprint density at radius 2 is 1.96 bits per heavy atom. The molecule has 0 aliphatic rings. The summed E-state index contributed by atoms with van der Waals surface area (Å²) in [6.07, 6.45) is 5.14. The van der Waals surface area contributed by atoms with Crippen LogP contribution in [0.25, 0.3) is 11.1 Å². The van der Waals surface area contributed by atoms with Crippen molar-refractivity contribution in [2.75, 3.05) is 7.05 Å². The number of phenols is 2. The zero-order chi connectivity index (χ0) is 19.3. The molecule has 2 rings (SSSR count). The Kier molecular flexibility index (Phi) is 6.24. The van der Waals surface area contributed by atoms with Crippen LogP contribution in [-0.4, -0.2) is 28.1 Å². The largest absolute Gasteiger partial charge is 0.507 e. The first-order chi connectivity index (χ1) is 12.4. The lowest BCUT2D eigenvalue weighted by Gasteiger charge is -2.18. The summed E-state index contributed by atoms with van der Waals surface area (Å²) >= 11 is 0. The topological polar surface area (TPSA) is 84.6 Å². The van der Waals surface area contributed by atoms with E-state index in [0.717, 1.165) is 29.7 Å². The van der Waals surface area contributed by atoms with E-state index in [1.807, 2.05) is 25.1 Å². The van der Waals surface area contributed by atoms with Crippen molar-refractivity contribution in [3.8, 4) is 28.8 Å². The molecule has 5 heteroatoms. The Hall–Kier alpha value is -3.00. The standard InChI is InChI=1S/C21H24N2O3/c1-4-5-6-9-16-12-17(24)18(15-10-7-8-14(2)11-15)20(25)19(16)21(26)23(3)13-22/h7-8,10-12,24-25H,4-6,9H2,1-3H3. The average Bonchev–Trinajstić information content (AvgIpc) is 2.60. The van der Waals surface area contributed by atoms with Crippen LogP contribution in [0.5, 0.6) is 11.5 Å². The molecule has 26 heavy (non-hydrogen) atoms. The van der Waals surface area contributed by atoms with Gasteiger partial charge in [-0.1, -0.05) is 49.6 Å². The number of phenolic OH excluding ortho intramolecular Hbond substituents is 2. The van der Waals surface area contributed by atoms with E-state index in [0.29, 0.717) is 17.5 Å². The maximum atomic E-state index is 12.7. The van der Waals surface area contributed by atoms with Crippen molar-refractivity contribution in [1.82, 2.24) is 4.90 Å². The minimum Gasteiger partial charge on any atom is -0.507 e. The maximum Gasteiger partial charge on any atom is 0.270 e. The van der Waals surface area contributed by atoms with Crippen molar-refractivity contribution >= 4 is 5.91 Å².